The molecular formula is C10H14N2O4. The van der Waals surface area contributed by atoms with E-state index in [1.807, 2.05) is 0 Å². The molecule has 0 aromatic carbocycles. The van der Waals surface area contributed by atoms with E-state index in [9.17, 15) is 9.59 Å². The van der Waals surface area contributed by atoms with E-state index >= 15 is 0 Å². The molecule has 1 atom stereocenters. The molecule has 6 nitrogen and oxygen atoms in total. The van der Waals surface area contributed by atoms with Gasteiger partial charge in [0.2, 0.25) is 5.56 Å². The van der Waals surface area contributed by atoms with Gasteiger partial charge in [-0.05, 0) is 6.07 Å². The van der Waals surface area contributed by atoms with E-state index in [-0.39, 0.29) is 24.3 Å². The topological polar surface area (TPSA) is 91.4 Å². The molecule has 0 aliphatic heterocycles. The predicted molar refractivity (Wildman–Crippen MR) is 57.3 cm³/mol. The summed E-state index contributed by atoms with van der Waals surface area (Å²) in [4.78, 5) is 25.0. The molecule has 88 valence electrons. The third kappa shape index (κ3) is 3.48. The molecule has 0 fully saturated rings. The second-order valence-electron chi connectivity index (χ2n) is 3.25. The van der Waals surface area contributed by atoms with Crippen LogP contribution in [0.5, 0.6) is 0 Å². The summed E-state index contributed by atoms with van der Waals surface area (Å²) in [6, 6.07) is 2.20. The largest absolute Gasteiger partial charge is 0.394 e. The summed E-state index contributed by atoms with van der Waals surface area (Å²) < 4.78 is 4.81. The molecule has 3 N–H and O–H groups in total. The minimum atomic E-state index is -0.475. The molecule has 1 unspecified atom stereocenters. The molecule has 0 aliphatic carbocycles. The summed E-state index contributed by atoms with van der Waals surface area (Å²) in [6.45, 7) is -0.00575. The first-order valence-corrected chi connectivity index (χ1v) is 4.76. The van der Waals surface area contributed by atoms with Crippen LogP contribution in [0.4, 0.5) is 0 Å². The Kier molecular flexibility index (Phi) is 4.68. The van der Waals surface area contributed by atoms with E-state index in [1.54, 1.807) is 0 Å². The monoisotopic (exact) mass is 226 g/mol. The lowest BCUT2D eigenvalue weighted by atomic mass is 10.2. The number of ether oxygens (including phenoxy) is 1. The Hall–Kier alpha value is -1.66. The van der Waals surface area contributed by atoms with E-state index in [4.69, 9.17) is 9.84 Å². The summed E-state index contributed by atoms with van der Waals surface area (Å²) in [5, 5.41) is 11.5. The molecule has 16 heavy (non-hydrogen) atoms. The molecule has 1 amide bonds. The Morgan fingerprint density at radius 1 is 1.69 bits per heavy atom. The maximum absolute atomic E-state index is 11.6. The highest BCUT2D eigenvalue weighted by Gasteiger charge is 2.12. The number of methoxy groups -OCH3 is 1. The molecule has 0 saturated carbocycles. The number of hydrogen-bond acceptors (Lipinski definition) is 4. The van der Waals surface area contributed by atoms with Crippen LogP contribution >= 0.6 is 0 Å². The first-order chi connectivity index (χ1) is 7.67. The lowest BCUT2D eigenvalue weighted by Crippen LogP contribution is -2.40. The number of H-pyrrole nitrogens is 1. The fourth-order valence-corrected chi connectivity index (χ4v) is 1.20. The number of carbonyl (C=O) groups excluding carboxylic acids is 1. The van der Waals surface area contributed by atoms with Gasteiger partial charge in [-0.3, -0.25) is 9.59 Å². The smallest absolute Gasteiger partial charge is 0.251 e. The van der Waals surface area contributed by atoms with Gasteiger partial charge in [0.15, 0.2) is 0 Å². The van der Waals surface area contributed by atoms with E-state index in [1.165, 1.54) is 25.4 Å². The number of aliphatic hydroxyl groups excluding tert-OH is 1. The van der Waals surface area contributed by atoms with E-state index in [0.717, 1.165) is 0 Å². The minimum absolute atomic E-state index is 0.214. The van der Waals surface area contributed by atoms with Crippen molar-refractivity contribution in [2.75, 3.05) is 20.3 Å². The lowest BCUT2D eigenvalue weighted by Gasteiger charge is -2.14. The van der Waals surface area contributed by atoms with Gasteiger partial charge in [0.05, 0.1) is 19.3 Å². The van der Waals surface area contributed by atoms with E-state index in [2.05, 4.69) is 10.3 Å². The Balaban J connectivity index is 2.67. The second-order valence-corrected chi connectivity index (χ2v) is 3.25. The van der Waals surface area contributed by atoms with Crippen LogP contribution in [0.1, 0.15) is 10.4 Å². The zero-order valence-corrected chi connectivity index (χ0v) is 8.90. The highest BCUT2D eigenvalue weighted by molar-refractivity contribution is 5.94. The molecule has 0 aliphatic rings. The number of rotatable bonds is 5. The van der Waals surface area contributed by atoms with Crippen LogP contribution in [0.3, 0.4) is 0 Å². The number of aromatic amines is 1. The van der Waals surface area contributed by atoms with Crippen LogP contribution in [-0.2, 0) is 4.74 Å². The summed E-state index contributed by atoms with van der Waals surface area (Å²) in [6.07, 6.45) is 1.39. The number of pyridine rings is 1. The minimum Gasteiger partial charge on any atom is -0.394 e. The normalized spacial score (nSPS) is 12.1. The van der Waals surface area contributed by atoms with Crippen molar-refractivity contribution in [3.63, 3.8) is 0 Å². The number of carbonyl (C=O) groups is 1. The molecular weight excluding hydrogens is 212 g/mol. The SMILES string of the molecule is COCC(CO)NC(=O)c1cc[nH]c(=O)c1. The third-order valence-electron chi connectivity index (χ3n) is 1.96. The Morgan fingerprint density at radius 3 is 3.00 bits per heavy atom. The zero-order chi connectivity index (χ0) is 12.0. The van der Waals surface area contributed by atoms with Gasteiger partial charge < -0.3 is 20.1 Å². The molecule has 0 radical (unpaired) electrons. The first kappa shape index (κ1) is 12.4. The molecule has 1 aromatic heterocycles. The van der Waals surface area contributed by atoms with Crippen LogP contribution in [0.15, 0.2) is 23.1 Å². The van der Waals surface area contributed by atoms with E-state index in [0.29, 0.717) is 0 Å². The highest BCUT2D eigenvalue weighted by atomic mass is 16.5. The standard InChI is InChI=1S/C10H14N2O4/c1-16-6-8(5-13)12-10(15)7-2-3-11-9(14)4-7/h2-4,8,13H,5-6H2,1H3,(H,11,14)(H,12,15). The van der Waals surface area contributed by atoms with Crippen LogP contribution in [0.2, 0.25) is 0 Å². The average Bonchev–Trinajstić information content (AvgIpc) is 2.28. The van der Waals surface area contributed by atoms with Crippen LogP contribution in [0, 0.1) is 0 Å². The molecule has 1 aromatic rings. The predicted octanol–water partition coefficient (Wildman–Crippen LogP) is -0.888. The maximum Gasteiger partial charge on any atom is 0.251 e. The Bertz CT molecular complexity index is 402. The Morgan fingerprint density at radius 2 is 2.44 bits per heavy atom. The van der Waals surface area contributed by atoms with Gasteiger partial charge in [-0.1, -0.05) is 0 Å². The third-order valence-corrected chi connectivity index (χ3v) is 1.96. The van der Waals surface area contributed by atoms with Gasteiger partial charge in [0, 0.05) is 24.9 Å². The zero-order valence-electron chi connectivity index (χ0n) is 8.90. The summed E-state index contributed by atoms with van der Waals surface area (Å²) >= 11 is 0. The van der Waals surface area contributed by atoms with Gasteiger partial charge >= 0.3 is 0 Å². The summed E-state index contributed by atoms with van der Waals surface area (Å²) in [5.74, 6) is -0.415. The van der Waals surface area contributed by atoms with Gasteiger partial charge in [-0.2, -0.15) is 0 Å². The number of nitrogens with one attached hydrogen (secondary N) is 2. The number of aliphatic hydroxyl groups is 1. The molecule has 0 bridgehead atoms. The van der Waals surface area contributed by atoms with Crippen molar-refractivity contribution in [2.45, 2.75) is 6.04 Å². The maximum atomic E-state index is 11.6. The summed E-state index contributed by atoms with van der Waals surface area (Å²) in [7, 11) is 1.47. The van der Waals surface area contributed by atoms with Crippen molar-refractivity contribution >= 4 is 5.91 Å². The van der Waals surface area contributed by atoms with Crippen molar-refractivity contribution in [1.29, 1.82) is 0 Å². The fraction of sp³-hybridized carbons (Fsp3) is 0.400. The molecule has 0 spiro atoms. The molecule has 0 saturated heterocycles. The van der Waals surface area contributed by atoms with Gasteiger partial charge in [-0.15, -0.1) is 0 Å². The first-order valence-electron chi connectivity index (χ1n) is 4.76. The molecule has 1 heterocycles. The average molecular weight is 226 g/mol. The van der Waals surface area contributed by atoms with Crippen molar-refractivity contribution in [3.8, 4) is 0 Å². The molecule has 6 heteroatoms. The lowest BCUT2D eigenvalue weighted by molar-refractivity contribution is 0.0839. The van der Waals surface area contributed by atoms with E-state index < -0.39 is 11.9 Å². The van der Waals surface area contributed by atoms with Gasteiger partial charge in [-0.25, -0.2) is 0 Å². The fourth-order valence-electron chi connectivity index (χ4n) is 1.20. The highest BCUT2D eigenvalue weighted by Crippen LogP contribution is 1.94. The van der Waals surface area contributed by atoms with Crippen LogP contribution in [-0.4, -0.2) is 42.4 Å². The number of hydrogen-bond donors (Lipinski definition) is 3. The van der Waals surface area contributed by atoms with Gasteiger partial charge in [0.25, 0.3) is 5.91 Å². The van der Waals surface area contributed by atoms with Crippen LogP contribution in [0.25, 0.3) is 0 Å². The summed E-state index contributed by atoms with van der Waals surface area (Å²) in [5.41, 5.74) is -0.0988. The van der Waals surface area contributed by atoms with Gasteiger partial charge in [0.1, 0.15) is 0 Å². The number of aromatic nitrogens is 1. The van der Waals surface area contributed by atoms with Crippen molar-refractivity contribution in [2.24, 2.45) is 0 Å². The second kappa shape index (κ2) is 6.04. The van der Waals surface area contributed by atoms with Crippen molar-refractivity contribution < 1.29 is 14.6 Å². The van der Waals surface area contributed by atoms with Crippen molar-refractivity contribution in [3.05, 3.63) is 34.2 Å². The molecule has 1 rings (SSSR count). The Labute approximate surface area is 92.3 Å². The van der Waals surface area contributed by atoms with Crippen molar-refractivity contribution in [1.82, 2.24) is 10.3 Å². The quantitative estimate of drug-likeness (QED) is 0.607. The number of amides is 1. The van der Waals surface area contributed by atoms with Crippen LogP contribution < -0.4 is 10.9 Å².